The fourth-order valence-corrected chi connectivity index (χ4v) is 1.49. The first kappa shape index (κ1) is 12.7. The van der Waals surface area contributed by atoms with Gasteiger partial charge in [-0.2, -0.15) is 0 Å². The predicted molar refractivity (Wildman–Crippen MR) is 69.5 cm³/mol. The third kappa shape index (κ3) is 3.66. The number of rotatable bonds is 6. The zero-order valence-electron chi connectivity index (χ0n) is 10.2. The highest BCUT2D eigenvalue weighted by Crippen LogP contribution is 2.14. The lowest BCUT2D eigenvalue weighted by Gasteiger charge is -2.19. The largest absolute Gasteiger partial charge is 0.373 e. The van der Waals surface area contributed by atoms with Crippen molar-refractivity contribution in [3.8, 4) is 0 Å². The molecule has 1 atom stereocenters. The monoisotopic (exact) mass is 219 g/mol. The Balaban J connectivity index is 2.55. The smallest absolute Gasteiger partial charge is 0.0569 e. The summed E-state index contributed by atoms with van der Waals surface area (Å²) in [5, 5.41) is 0. The number of aromatic nitrogens is 1. The fraction of sp³-hybridized carbons (Fsp3) is 0.462. The van der Waals surface area contributed by atoms with Crippen LogP contribution in [-0.4, -0.2) is 18.6 Å². The summed E-state index contributed by atoms with van der Waals surface area (Å²) >= 11 is 0. The van der Waals surface area contributed by atoms with Gasteiger partial charge in [-0.3, -0.25) is 4.98 Å². The van der Waals surface area contributed by atoms with Crippen LogP contribution in [0.1, 0.15) is 31.5 Å². The van der Waals surface area contributed by atoms with E-state index in [1.165, 1.54) is 0 Å². The molecule has 88 valence electrons. The van der Waals surface area contributed by atoms with Gasteiger partial charge in [0.2, 0.25) is 0 Å². The molecule has 0 amide bonds. The number of unbranched alkanes of at least 4 members (excludes halogenated alkanes) is 1. The van der Waals surface area contributed by atoms with Gasteiger partial charge in [0.05, 0.1) is 17.6 Å². The SMILES string of the molecule is C=CCCCN(C)c1ccc(C(C)N)nc1. The Kier molecular flexibility index (Phi) is 4.99. The maximum atomic E-state index is 5.75. The van der Waals surface area contributed by atoms with Crippen LogP contribution in [0.5, 0.6) is 0 Å². The van der Waals surface area contributed by atoms with Gasteiger partial charge in [-0.05, 0) is 31.9 Å². The van der Waals surface area contributed by atoms with Crippen molar-refractivity contribution in [1.82, 2.24) is 4.98 Å². The van der Waals surface area contributed by atoms with Gasteiger partial charge in [0, 0.05) is 19.6 Å². The molecule has 1 heterocycles. The average Bonchev–Trinajstić information content (AvgIpc) is 2.29. The van der Waals surface area contributed by atoms with E-state index in [-0.39, 0.29) is 6.04 Å². The van der Waals surface area contributed by atoms with E-state index in [0.29, 0.717) is 0 Å². The zero-order chi connectivity index (χ0) is 12.0. The minimum atomic E-state index is 0.000113. The molecule has 0 aliphatic carbocycles. The van der Waals surface area contributed by atoms with Crippen LogP contribution in [0.15, 0.2) is 31.0 Å². The summed E-state index contributed by atoms with van der Waals surface area (Å²) in [7, 11) is 2.08. The number of hydrogen-bond donors (Lipinski definition) is 1. The summed E-state index contributed by atoms with van der Waals surface area (Å²) in [5.41, 5.74) is 7.82. The Morgan fingerprint density at radius 3 is 2.81 bits per heavy atom. The molecule has 0 aliphatic heterocycles. The van der Waals surface area contributed by atoms with Crippen molar-refractivity contribution < 1.29 is 0 Å². The van der Waals surface area contributed by atoms with Gasteiger partial charge < -0.3 is 10.6 Å². The predicted octanol–water partition coefficient (Wildman–Crippen LogP) is 2.50. The molecule has 0 saturated heterocycles. The summed E-state index contributed by atoms with van der Waals surface area (Å²) in [5.74, 6) is 0. The van der Waals surface area contributed by atoms with Gasteiger partial charge >= 0.3 is 0 Å². The summed E-state index contributed by atoms with van der Waals surface area (Å²) in [6.45, 7) is 6.68. The molecule has 1 aromatic heterocycles. The van der Waals surface area contributed by atoms with Crippen LogP contribution in [-0.2, 0) is 0 Å². The minimum Gasteiger partial charge on any atom is -0.373 e. The number of anilines is 1. The second-order valence-electron chi connectivity index (χ2n) is 4.08. The number of nitrogens with two attached hydrogens (primary N) is 1. The molecule has 1 aromatic rings. The van der Waals surface area contributed by atoms with Crippen LogP contribution >= 0.6 is 0 Å². The van der Waals surface area contributed by atoms with Crippen molar-refractivity contribution in [2.45, 2.75) is 25.8 Å². The number of hydrogen-bond acceptors (Lipinski definition) is 3. The van der Waals surface area contributed by atoms with Crippen LogP contribution in [0, 0.1) is 0 Å². The topological polar surface area (TPSA) is 42.1 Å². The van der Waals surface area contributed by atoms with E-state index >= 15 is 0 Å². The third-order valence-electron chi connectivity index (χ3n) is 2.58. The summed E-state index contributed by atoms with van der Waals surface area (Å²) < 4.78 is 0. The Labute approximate surface area is 98.0 Å². The highest BCUT2D eigenvalue weighted by Gasteiger charge is 2.03. The van der Waals surface area contributed by atoms with Crippen molar-refractivity contribution in [2.24, 2.45) is 5.73 Å². The molecular weight excluding hydrogens is 198 g/mol. The van der Waals surface area contributed by atoms with Gasteiger partial charge in [-0.1, -0.05) is 6.08 Å². The van der Waals surface area contributed by atoms with Crippen LogP contribution in [0.25, 0.3) is 0 Å². The van der Waals surface area contributed by atoms with E-state index in [1.807, 2.05) is 25.3 Å². The lowest BCUT2D eigenvalue weighted by molar-refractivity contribution is 0.773. The zero-order valence-corrected chi connectivity index (χ0v) is 10.2. The standard InChI is InChI=1S/C13H21N3/c1-4-5-6-9-16(3)12-7-8-13(11(2)14)15-10-12/h4,7-8,10-11H,1,5-6,9,14H2,2-3H3. The molecule has 3 nitrogen and oxygen atoms in total. The molecule has 0 bridgehead atoms. The number of allylic oxidation sites excluding steroid dienone is 1. The van der Waals surface area contributed by atoms with Gasteiger partial charge in [-0.15, -0.1) is 6.58 Å². The van der Waals surface area contributed by atoms with Gasteiger partial charge in [0.1, 0.15) is 0 Å². The van der Waals surface area contributed by atoms with E-state index in [0.717, 1.165) is 30.8 Å². The van der Waals surface area contributed by atoms with Crippen molar-refractivity contribution in [2.75, 3.05) is 18.5 Å². The minimum absolute atomic E-state index is 0.000113. The quantitative estimate of drug-likeness (QED) is 0.590. The third-order valence-corrected chi connectivity index (χ3v) is 2.58. The Morgan fingerprint density at radius 2 is 2.31 bits per heavy atom. The van der Waals surface area contributed by atoms with Crippen LogP contribution in [0.4, 0.5) is 5.69 Å². The Hall–Kier alpha value is -1.35. The molecule has 0 aliphatic rings. The van der Waals surface area contributed by atoms with Crippen molar-refractivity contribution in [3.05, 3.63) is 36.7 Å². The summed E-state index contributed by atoms with van der Waals surface area (Å²) in [6, 6.07) is 4.06. The molecule has 1 rings (SSSR count). The summed E-state index contributed by atoms with van der Waals surface area (Å²) in [6.07, 6.45) is 6.00. The van der Waals surface area contributed by atoms with Gasteiger partial charge in [-0.25, -0.2) is 0 Å². The maximum absolute atomic E-state index is 5.75. The maximum Gasteiger partial charge on any atom is 0.0569 e. The molecule has 2 N–H and O–H groups in total. The van der Waals surface area contributed by atoms with Crippen LogP contribution in [0.3, 0.4) is 0 Å². The first-order valence-electron chi connectivity index (χ1n) is 5.68. The first-order chi connectivity index (χ1) is 7.65. The Morgan fingerprint density at radius 1 is 1.56 bits per heavy atom. The molecule has 3 heteroatoms. The molecule has 0 radical (unpaired) electrons. The molecule has 1 unspecified atom stereocenters. The number of nitrogens with zero attached hydrogens (tertiary/aromatic N) is 2. The van der Waals surface area contributed by atoms with Crippen LogP contribution < -0.4 is 10.6 Å². The normalized spacial score (nSPS) is 12.2. The lowest BCUT2D eigenvalue weighted by atomic mass is 10.2. The molecular formula is C13H21N3. The van der Waals surface area contributed by atoms with E-state index in [4.69, 9.17) is 5.73 Å². The second kappa shape index (κ2) is 6.28. The first-order valence-corrected chi connectivity index (χ1v) is 5.68. The molecule has 16 heavy (non-hydrogen) atoms. The molecule has 0 saturated carbocycles. The van der Waals surface area contributed by atoms with Gasteiger partial charge in [0.25, 0.3) is 0 Å². The van der Waals surface area contributed by atoms with Crippen molar-refractivity contribution >= 4 is 5.69 Å². The lowest BCUT2D eigenvalue weighted by Crippen LogP contribution is -2.18. The second-order valence-corrected chi connectivity index (χ2v) is 4.08. The summed E-state index contributed by atoms with van der Waals surface area (Å²) in [4.78, 5) is 6.54. The van der Waals surface area contributed by atoms with E-state index in [2.05, 4.69) is 29.6 Å². The van der Waals surface area contributed by atoms with E-state index in [9.17, 15) is 0 Å². The highest BCUT2D eigenvalue weighted by atomic mass is 15.1. The van der Waals surface area contributed by atoms with E-state index < -0.39 is 0 Å². The van der Waals surface area contributed by atoms with Gasteiger partial charge in [0.15, 0.2) is 0 Å². The van der Waals surface area contributed by atoms with Crippen molar-refractivity contribution in [3.63, 3.8) is 0 Å². The highest BCUT2D eigenvalue weighted by molar-refractivity contribution is 5.43. The molecule has 0 fully saturated rings. The van der Waals surface area contributed by atoms with E-state index in [1.54, 1.807) is 0 Å². The Bertz CT molecular complexity index is 316. The molecule has 0 spiro atoms. The van der Waals surface area contributed by atoms with Crippen molar-refractivity contribution in [1.29, 1.82) is 0 Å². The fourth-order valence-electron chi connectivity index (χ4n) is 1.49. The average molecular weight is 219 g/mol. The molecule has 0 aromatic carbocycles. The van der Waals surface area contributed by atoms with Crippen LogP contribution in [0.2, 0.25) is 0 Å². The number of pyridine rings is 1.